The summed E-state index contributed by atoms with van der Waals surface area (Å²) in [4.78, 5) is 37.8. The van der Waals surface area contributed by atoms with Crippen LogP contribution in [0.1, 0.15) is 272 Å². The molecule has 6 heteroatoms. The lowest BCUT2D eigenvalue weighted by Crippen LogP contribution is -2.30. The zero-order valence-corrected chi connectivity index (χ0v) is 38.3. The third kappa shape index (κ3) is 42.0. The van der Waals surface area contributed by atoms with E-state index in [4.69, 9.17) is 14.2 Å². The van der Waals surface area contributed by atoms with Crippen molar-refractivity contribution in [3.05, 3.63) is 0 Å². The van der Waals surface area contributed by atoms with Crippen LogP contribution in [-0.4, -0.2) is 37.2 Å². The summed E-state index contributed by atoms with van der Waals surface area (Å²) in [6, 6.07) is 0. The number of unbranched alkanes of at least 4 members (excludes halogenated alkanes) is 28. The largest absolute Gasteiger partial charge is 0.462 e. The Balaban J connectivity index is 4.27. The summed E-state index contributed by atoms with van der Waals surface area (Å²) in [6.45, 7) is 11.3. The van der Waals surface area contributed by atoms with Crippen molar-refractivity contribution in [2.45, 2.75) is 278 Å². The highest BCUT2D eigenvalue weighted by atomic mass is 16.6. The van der Waals surface area contributed by atoms with Crippen LogP contribution in [-0.2, 0) is 28.6 Å². The average Bonchev–Trinajstić information content (AvgIpc) is 3.18. The topological polar surface area (TPSA) is 78.9 Å². The second-order valence-electron chi connectivity index (χ2n) is 17.8. The number of hydrogen-bond acceptors (Lipinski definition) is 6. The highest BCUT2D eigenvalue weighted by Gasteiger charge is 2.19. The minimum absolute atomic E-state index is 0.0646. The van der Waals surface area contributed by atoms with E-state index >= 15 is 0 Å². The van der Waals surface area contributed by atoms with Crippen molar-refractivity contribution in [2.24, 2.45) is 11.8 Å². The van der Waals surface area contributed by atoms with Gasteiger partial charge in [0.1, 0.15) is 13.2 Å². The third-order valence-electron chi connectivity index (χ3n) is 11.6. The first-order valence-corrected chi connectivity index (χ1v) is 24.8. The number of carbonyl (C=O) groups excluding carboxylic acids is 3. The fourth-order valence-electron chi connectivity index (χ4n) is 7.43. The van der Waals surface area contributed by atoms with Gasteiger partial charge >= 0.3 is 17.9 Å². The van der Waals surface area contributed by atoms with Crippen molar-refractivity contribution in [2.75, 3.05) is 13.2 Å². The van der Waals surface area contributed by atoms with E-state index in [9.17, 15) is 14.4 Å². The standard InChI is InChI=1S/C50H96O6/c1-6-8-9-10-11-12-17-22-25-32-37-42-50(53)56-47(44-55-49(52)41-36-31-27-26-29-34-39-46(5)7-2)43-54-48(51)40-35-30-24-21-19-16-14-13-15-18-20-23-28-33-38-45(3)4/h45-47H,6-44H2,1-5H3/t46?,47-/m0/s1. The molecule has 0 N–H and O–H groups in total. The van der Waals surface area contributed by atoms with E-state index in [-0.39, 0.29) is 31.1 Å². The molecule has 0 aromatic heterocycles. The minimum Gasteiger partial charge on any atom is -0.462 e. The van der Waals surface area contributed by atoms with E-state index in [1.165, 1.54) is 161 Å². The molecule has 0 spiro atoms. The predicted octanol–water partition coefficient (Wildman–Crippen LogP) is 15.8. The maximum atomic E-state index is 12.7. The number of carbonyl (C=O) groups is 3. The Hall–Kier alpha value is -1.59. The van der Waals surface area contributed by atoms with E-state index in [1.807, 2.05) is 0 Å². The average molecular weight is 793 g/mol. The van der Waals surface area contributed by atoms with Gasteiger partial charge in [-0.15, -0.1) is 0 Å². The third-order valence-corrected chi connectivity index (χ3v) is 11.6. The molecule has 0 aromatic rings. The molecule has 6 nitrogen and oxygen atoms in total. The molecule has 0 fully saturated rings. The van der Waals surface area contributed by atoms with E-state index in [1.54, 1.807) is 0 Å². The van der Waals surface area contributed by atoms with Crippen LogP contribution >= 0.6 is 0 Å². The molecule has 0 aliphatic rings. The zero-order valence-electron chi connectivity index (χ0n) is 38.3. The quantitative estimate of drug-likeness (QED) is 0.0347. The normalized spacial score (nSPS) is 12.5. The summed E-state index contributed by atoms with van der Waals surface area (Å²) in [7, 11) is 0. The van der Waals surface area contributed by atoms with Gasteiger partial charge in [-0.3, -0.25) is 14.4 Å². The summed E-state index contributed by atoms with van der Waals surface area (Å²) >= 11 is 0. The molecular weight excluding hydrogens is 697 g/mol. The lowest BCUT2D eigenvalue weighted by molar-refractivity contribution is -0.167. The summed E-state index contributed by atoms with van der Waals surface area (Å²) in [5, 5.41) is 0. The van der Waals surface area contributed by atoms with Crippen molar-refractivity contribution >= 4 is 17.9 Å². The lowest BCUT2D eigenvalue weighted by atomic mass is 10.00. The molecule has 0 aliphatic carbocycles. The van der Waals surface area contributed by atoms with Gasteiger partial charge in [-0.2, -0.15) is 0 Å². The fourth-order valence-corrected chi connectivity index (χ4v) is 7.43. The van der Waals surface area contributed by atoms with Crippen molar-refractivity contribution < 1.29 is 28.6 Å². The fraction of sp³-hybridized carbons (Fsp3) is 0.940. The van der Waals surface area contributed by atoms with Crippen LogP contribution in [0.25, 0.3) is 0 Å². The maximum Gasteiger partial charge on any atom is 0.306 e. The van der Waals surface area contributed by atoms with Gasteiger partial charge in [-0.25, -0.2) is 0 Å². The molecule has 332 valence electrons. The number of esters is 3. The molecule has 56 heavy (non-hydrogen) atoms. The summed E-state index contributed by atoms with van der Waals surface area (Å²) in [5.41, 5.74) is 0. The van der Waals surface area contributed by atoms with Gasteiger partial charge in [0, 0.05) is 19.3 Å². The summed E-state index contributed by atoms with van der Waals surface area (Å²) in [5.74, 6) is 0.804. The van der Waals surface area contributed by atoms with Crippen LogP contribution in [0.4, 0.5) is 0 Å². The predicted molar refractivity (Wildman–Crippen MR) is 238 cm³/mol. The molecule has 1 unspecified atom stereocenters. The van der Waals surface area contributed by atoms with E-state index in [2.05, 4.69) is 34.6 Å². The Kier molecular flexibility index (Phi) is 41.8. The first-order chi connectivity index (χ1) is 27.3. The molecule has 0 amide bonds. The molecule has 0 aromatic carbocycles. The van der Waals surface area contributed by atoms with Gasteiger partial charge < -0.3 is 14.2 Å². The molecule has 0 heterocycles. The Bertz CT molecular complexity index is 856. The van der Waals surface area contributed by atoms with Crippen molar-refractivity contribution in [3.8, 4) is 0 Å². The maximum absolute atomic E-state index is 12.7. The Morgan fingerprint density at radius 1 is 0.375 bits per heavy atom. The second-order valence-corrected chi connectivity index (χ2v) is 17.8. The first kappa shape index (κ1) is 54.4. The van der Waals surface area contributed by atoms with Gasteiger partial charge in [0.15, 0.2) is 6.10 Å². The molecular formula is C50H96O6. The summed E-state index contributed by atoms with van der Waals surface area (Å²) in [6.07, 6.45) is 42.3. The van der Waals surface area contributed by atoms with E-state index in [0.717, 1.165) is 69.6 Å². The van der Waals surface area contributed by atoms with Gasteiger partial charge in [0.2, 0.25) is 0 Å². The van der Waals surface area contributed by atoms with Crippen LogP contribution in [0, 0.1) is 11.8 Å². The Morgan fingerprint density at radius 3 is 1.02 bits per heavy atom. The second kappa shape index (κ2) is 43.0. The SMILES string of the molecule is CCCCCCCCCCCCCC(=O)O[C@@H](COC(=O)CCCCCCCCCCCCCCCCC(C)C)COC(=O)CCCCCCCCC(C)CC. The minimum atomic E-state index is -0.761. The van der Waals surface area contributed by atoms with Gasteiger partial charge in [0.05, 0.1) is 0 Å². The number of hydrogen-bond donors (Lipinski definition) is 0. The van der Waals surface area contributed by atoms with Crippen molar-refractivity contribution in [3.63, 3.8) is 0 Å². The number of rotatable bonds is 44. The highest BCUT2D eigenvalue weighted by molar-refractivity contribution is 5.71. The van der Waals surface area contributed by atoms with Crippen LogP contribution in [0.2, 0.25) is 0 Å². The van der Waals surface area contributed by atoms with E-state index < -0.39 is 6.10 Å². The van der Waals surface area contributed by atoms with E-state index in [0.29, 0.717) is 19.3 Å². The van der Waals surface area contributed by atoms with Crippen LogP contribution in [0.15, 0.2) is 0 Å². The van der Waals surface area contributed by atoms with Crippen molar-refractivity contribution in [1.82, 2.24) is 0 Å². The monoisotopic (exact) mass is 793 g/mol. The van der Waals surface area contributed by atoms with Crippen LogP contribution < -0.4 is 0 Å². The molecule has 0 rings (SSSR count). The highest BCUT2D eigenvalue weighted by Crippen LogP contribution is 2.17. The summed E-state index contributed by atoms with van der Waals surface area (Å²) < 4.78 is 16.8. The Morgan fingerprint density at radius 2 is 0.679 bits per heavy atom. The van der Waals surface area contributed by atoms with Crippen molar-refractivity contribution in [1.29, 1.82) is 0 Å². The molecule has 0 radical (unpaired) electrons. The Labute approximate surface area is 348 Å². The lowest BCUT2D eigenvalue weighted by Gasteiger charge is -2.18. The van der Waals surface area contributed by atoms with Crippen LogP contribution in [0.3, 0.4) is 0 Å². The van der Waals surface area contributed by atoms with Gasteiger partial charge in [0.25, 0.3) is 0 Å². The molecule has 0 aliphatic heterocycles. The molecule has 0 bridgehead atoms. The van der Waals surface area contributed by atoms with Crippen LogP contribution in [0.5, 0.6) is 0 Å². The molecule has 0 saturated carbocycles. The molecule has 2 atom stereocenters. The van der Waals surface area contributed by atoms with Gasteiger partial charge in [-0.1, -0.05) is 234 Å². The smallest absolute Gasteiger partial charge is 0.306 e. The number of ether oxygens (including phenoxy) is 3. The van der Waals surface area contributed by atoms with Gasteiger partial charge in [-0.05, 0) is 31.1 Å². The first-order valence-electron chi connectivity index (χ1n) is 24.8. The molecule has 0 saturated heterocycles. The zero-order chi connectivity index (χ0) is 41.2.